The first-order valence-corrected chi connectivity index (χ1v) is 12.0. The van der Waals surface area contributed by atoms with Crippen molar-refractivity contribution in [1.82, 2.24) is 14.5 Å². The van der Waals surface area contributed by atoms with E-state index < -0.39 is 6.04 Å². The van der Waals surface area contributed by atoms with E-state index in [2.05, 4.69) is 10.3 Å². The minimum atomic E-state index is -0.581. The summed E-state index contributed by atoms with van der Waals surface area (Å²) in [7, 11) is 0. The van der Waals surface area contributed by atoms with E-state index in [4.69, 9.17) is 5.26 Å². The number of benzene rings is 1. The van der Waals surface area contributed by atoms with E-state index in [9.17, 15) is 14.4 Å². The Morgan fingerprint density at radius 1 is 1.28 bits per heavy atom. The Hall–Kier alpha value is -3.16. The molecule has 0 spiro atoms. The van der Waals surface area contributed by atoms with Gasteiger partial charge in [0.25, 0.3) is 5.56 Å². The summed E-state index contributed by atoms with van der Waals surface area (Å²) in [5.41, 5.74) is 1.87. The van der Waals surface area contributed by atoms with Crippen LogP contribution in [0.4, 0.5) is 5.69 Å². The van der Waals surface area contributed by atoms with Gasteiger partial charge < -0.3 is 10.2 Å². The molecule has 164 valence electrons. The second-order valence-corrected chi connectivity index (χ2v) is 9.72. The molecule has 1 aromatic carbocycles. The highest BCUT2D eigenvalue weighted by molar-refractivity contribution is 7.99. The van der Waals surface area contributed by atoms with Crippen LogP contribution in [0.5, 0.6) is 0 Å². The molecule has 3 heterocycles. The molecule has 0 bridgehead atoms. The molecule has 0 aliphatic carbocycles. The summed E-state index contributed by atoms with van der Waals surface area (Å²) >= 11 is 3.01. The standard InChI is InChI=1S/C22H21N5O3S2/c1-13-14(2)32-21-19(13)22(30)26(11-24-21)8-7-18(28)27-12-31-10-17(27)20(29)25-16-5-3-15(9-23)4-6-16/h3-6,11,17H,7-8,10,12H2,1-2H3,(H,25,29). The zero-order chi connectivity index (χ0) is 22.8. The maximum absolute atomic E-state index is 12.9. The van der Waals surface area contributed by atoms with Gasteiger partial charge in [0.1, 0.15) is 10.9 Å². The lowest BCUT2D eigenvalue weighted by Crippen LogP contribution is -2.44. The molecule has 4 rings (SSSR count). The topological polar surface area (TPSA) is 108 Å². The van der Waals surface area contributed by atoms with E-state index in [0.717, 1.165) is 10.4 Å². The molecule has 32 heavy (non-hydrogen) atoms. The minimum Gasteiger partial charge on any atom is -0.324 e. The fraction of sp³-hybridized carbons (Fsp3) is 0.318. The summed E-state index contributed by atoms with van der Waals surface area (Å²) in [6.45, 7) is 4.08. The molecule has 1 unspecified atom stereocenters. The zero-order valence-electron chi connectivity index (χ0n) is 17.6. The van der Waals surface area contributed by atoms with Crippen LogP contribution in [-0.4, -0.2) is 43.9 Å². The molecule has 2 aromatic heterocycles. The zero-order valence-corrected chi connectivity index (χ0v) is 19.3. The molecule has 2 amide bonds. The lowest BCUT2D eigenvalue weighted by Gasteiger charge is -2.23. The number of nitriles is 1. The predicted octanol–water partition coefficient (Wildman–Crippen LogP) is 2.88. The third kappa shape index (κ3) is 4.26. The average Bonchev–Trinajstić information content (AvgIpc) is 3.39. The highest BCUT2D eigenvalue weighted by Crippen LogP contribution is 2.26. The molecule has 0 radical (unpaired) electrons. The number of hydrogen-bond acceptors (Lipinski definition) is 7. The van der Waals surface area contributed by atoms with Gasteiger partial charge in [-0.2, -0.15) is 5.26 Å². The van der Waals surface area contributed by atoms with E-state index >= 15 is 0 Å². The van der Waals surface area contributed by atoms with Crippen molar-refractivity contribution in [1.29, 1.82) is 5.26 Å². The average molecular weight is 468 g/mol. The van der Waals surface area contributed by atoms with E-state index in [1.807, 2.05) is 19.9 Å². The smallest absolute Gasteiger partial charge is 0.262 e. The molecule has 3 aromatic rings. The number of thioether (sulfide) groups is 1. The van der Waals surface area contributed by atoms with Gasteiger partial charge in [0, 0.05) is 29.3 Å². The number of aromatic nitrogens is 2. The third-order valence-corrected chi connectivity index (χ3v) is 7.64. The van der Waals surface area contributed by atoms with Crippen LogP contribution in [0.2, 0.25) is 0 Å². The number of nitrogens with one attached hydrogen (secondary N) is 1. The van der Waals surface area contributed by atoms with Crippen molar-refractivity contribution < 1.29 is 9.59 Å². The van der Waals surface area contributed by atoms with Crippen molar-refractivity contribution in [3.05, 3.63) is 57.0 Å². The number of thiophene rings is 1. The number of fused-ring (bicyclic) bond motifs is 1. The highest BCUT2D eigenvalue weighted by atomic mass is 32.2. The van der Waals surface area contributed by atoms with Crippen molar-refractivity contribution in [3.63, 3.8) is 0 Å². The van der Waals surface area contributed by atoms with Crippen LogP contribution >= 0.6 is 23.1 Å². The maximum Gasteiger partial charge on any atom is 0.262 e. The lowest BCUT2D eigenvalue weighted by molar-refractivity contribution is -0.136. The second-order valence-electron chi connectivity index (χ2n) is 7.51. The van der Waals surface area contributed by atoms with Crippen LogP contribution in [0.25, 0.3) is 10.2 Å². The molecule has 1 saturated heterocycles. The summed E-state index contributed by atoms with van der Waals surface area (Å²) in [5, 5.41) is 12.3. The monoisotopic (exact) mass is 467 g/mol. The van der Waals surface area contributed by atoms with Gasteiger partial charge >= 0.3 is 0 Å². The van der Waals surface area contributed by atoms with Gasteiger partial charge in [0.15, 0.2) is 0 Å². The number of carbonyl (C=O) groups is 2. The van der Waals surface area contributed by atoms with E-state index in [1.54, 1.807) is 29.2 Å². The van der Waals surface area contributed by atoms with Gasteiger partial charge in [0.05, 0.1) is 29.2 Å². The van der Waals surface area contributed by atoms with Crippen molar-refractivity contribution in [2.45, 2.75) is 32.9 Å². The van der Waals surface area contributed by atoms with Crippen molar-refractivity contribution in [2.24, 2.45) is 0 Å². The molecule has 10 heteroatoms. The second kappa shape index (κ2) is 9.14. The maximum atomic E-state index is 12.9. The number of aryl methyl sites for hydroxylation is 3. The van der Waals surface area contributed by atoms with Crippen molar-refractivity contribution in [3.8, 4) is 6.07 Å². The quantitative estimate of drug-likeness (QED) is 0.618. The summed E-state index contributed by atoms with van der Waals surface area (Å²) in [4.78, 5) is 46.2. The first-order valence-electron chi connectivity index (χ1n) is 10.0. The number of carbonyl (C=O) groups excluding carboxylic acids is 2. The first-order chi connectivity index (χ1) is 15.4. The molecule has 1 aliphatic heterocycles. The Morgan fingerprint density at radius 2 is 2.03 bits per heavy atom. The summed E-state index contributed by atoms with van der Waals surface area (Å²) in [5.74, 6) is 0.492. The molecule has 1 atom stereocenters. The Balaban J connectivity index is 1.42. The number of nitrogens with zero attached hydrogens (tertiary/aromatic N) is 4. The molecule has 8 nitrogen and oxygen atoms in total. The predicted molar refractivity (Wildman–Crippen MR) is 126 cm³/mol. The van der Waals surface area contributed by atoms with Crippen LogP contribution in [0.15, 0.2) is 35.4 Å². The fourth-order valence-electron chi connectivity index (χ4n) is 3.55. The number of amides is 2. The number of anilines is 1. The van der Waals surface area contributed by atoms with Gasteiger partial charge in [-0.3, -0.25) is 19.0 Å². The van der Waals surface area contributed by atoms with Gasteiger partial charge in [-0.05, 0) is 43.7 Å². The Bertz CT molecular complexity index is 1290. The Labute approximate surface area is 192 Å². The third-order valence-electron chi connectivity index (χ3n) is 5.51. The van der Waals surface area contributed by atoms with E-state index in [-0.39, 0.29) is 30.3 Å². The number of rotatable bonds is 5. The van der Waals surface area contributed by atoms with Gasteiger partial charge in [0.2, 0.25) is 11.8 Å². The summed E-state index contributed by atoms with van der Waals surface area (Å²) in [6.07, 6.45) is 1.59. The largest absolute Gasteiger partial charge is 0.324 e. The molecule has 1 N–H and O–H groups in total. The van der Waals surface area contributed by atoms with E-state index in [1.165, 1.54) is 34.0 Å². The lowest BCUT2D eigenvalue weighted by atomic mass is 10.2. The molecule has 1 aliphatic rings. The van der Waals surface area contributed by atoms with Crippen LogP contribution < -0.4 is 10.9 Å². The SMILES string of the molecule is Cc1sc2ncn(CCC(=O)N3CSCC3C(=O)Nc3ccc(C#N)cc3)c(=O)c2c1C. The molecular weight excluding hydrogens is 446 g/mol. The minimum absolute atomic E-state index is 0.108. The van der Waals surface area contributed by atoms with Gasteiger partial charge in [-0.1, -0.05) is 0 Å². The Morgan fingerprint density at radius 3 is 2.75 bits per heavy atom. The van der Waals surface area contributed by atoms with Crippen molar-refractivity contribution >= 4 is 50.8 Å². The molecule has 1 fully saturated rings. The first kappa shape index (κ1) is 22.0. The Kier molecular flexibility index (Phi) is 6.30. The van der Waals surface area contributed by atoms with Gasteiger partial charge in [-0.15, -0.1) is 23.1 Å². The number of hydrogen-bond donors (Lipinski definition) is 1. The summed E-state index contributed by atoms with van der Waals surface area (Å²) < 4.78 is 1.47. The summed E-state index contributed by atoms with van der Waals surface area (Å²) in [6, 6.07) is 8.03. The van der Waals surface area contributed by atoms with Crippen LogP contribution in [0.1, 0.15) is 22.4 Å². The van der Waals surface area contributed by atoms with Gasteiger partial charge in [-0.25, -0.2) is 4.98 Å². The van der Waals surface area contributed by atoms with Crippen molar-refractivity contribution in [2.75, 3.05) is 16.9 Å². The molecular formula is C22H21N5O3S2. The molecule has 0 saturated carbocycles. The van der Waals surface area contributed by atoms with Crippen LogP contribution in [0, 0.1) is 25.2 Å². The van der Waals surface area contributed by atoms with Crippen LogP contribution in [0.3, 0.4) is 0 Å². The van der Waals surface area contributed by atoms with E-state index in [0.29, 0.717) is 33.1 Å². The normalized spacial score (nSPS) is 15.7. The highest BCUT2D eigenvalue weighted by Gasteiger charge is 2.34. The fourth-order valence-corrected chi connectivity index (χ4v) is 5.72. The van der Waals surface area contributed by atoms with Crippen LogP contribution in [-0.2, 0) is 16.1 Å².